The highest BCUT2D eigenvalue weighted by Gasteiger charge is 2.32. The van der Waals surface area contributed by atoms with Gasteiger partial charge in [-0.2, -0.15) is 0 Å². The first-order chi connectivity index (χ1) is 18.8. The third-order valence-electron chi connectivity index (χ3n) is 7.58. The van der Waals surface area contributed by atoms with E-state index in [0.29, 0.717) is 47.7 Å². The zero-order valence-corrected chi connectivity index (χ0v) is 24.2. The molecule has 8 nitrogen and oxygen atoms in total. The van der Waals surface area contributed by atoms with E-state index in [-0.39, 0.29) is 17.9 Å². The maximum atomic E-state index is 12.8. The molecule has 2 fully saturated rings. The van der Waals surface area contributed by atoms with Gasteiger partial charge in [0, 0.05) is 45.8 Å². The molecule has 1 atom stereocenters. The van der Waals surface area contributed by atoms with Crippen LogP contribution in [0.15, 0.2) is 48.0 Å². The summed E-state index contributed by atoms with van der Waals surface area (Å²) < 4.78 is 0. The Bertz CT molecular complexity index is 1240. The lowest BCUT2D eigenvalue weighted by molar-refractivity contribution is -0.128. The maximum absolute atomic E-state index is 12.8. The summed E-state index contributed by atoms with van der Waals surface area (Å²) in [6.45, 7) is 13.3. The van der Waals surface area contributed by atoms with Crippen LogP contribution in [0, 0.1) is 0 Å². The number of pyridine rings is 1. The number of amides is 2. The van der Waals surface area contributed by atoms with Gasteiger partial charge in [-0.05, 0) is 55.9 Å². The van der Waals surface area contributed by atoms with Crippen LogP contribution in [-0.4, -0.2) is 78.7 Å². The number of aliphatic imine (C=N–C) groups is 1. The summed E-state index contributed by atoms with van der Waals surface area (Å²) in [5, 5.41) is 0.535. The Hall–Kier alpha value is -3.39. The van der Waals surface area contributed by atoms with E-state index in [9.17, 15) is 9.59 Å². The summed E-state index contributed by atoms with van der Waals surface area (Å²) in [6.07, 6.45) is 5.53. The van der Waals surface area contributed by atoms with Crippen molar-refractivity contribution in [1.82, 2.24) is 14.8 Å². The number of nitrogens with zero attached hydrogens (tertiary/aromatic N) is 6. The van der Waals surface area contributed by atoms with E-state index in [1.807, 2.05) is 30.3 Å². The summed E-state index contributed by atoms with van der Waals surface area (Å²) in [6, 6.07) is 9.81. The number of amidine groups is 1. The molecule has 9 heteroatoms. The van der Waals surface area contributed by atoms with Gasteiger partial charge in [-0.3, -0.25) is 19.5 Å². The van der Waals surface area contributed by atoms with E-state index < -0.39 is 0 Å². The second-order valence-corrected chi connectivity index (χ2v) is 10.9. The zero-order chi connectivity index (χ0) is 28.1. The van der Waals surface area contributed by atoms with Crippen molar-refractivity contribution in [2.75, 3.05) is 49.6 Å². The van der Waals surface area contributed by atoms with Crippen LogP contribution in [0.2, 0.25) is 5.02 Å². The van der Waals surface area contributed by atoms with Crippen molar-refractivity contribution in [2.45, 2.75) is 52.0 Å². The predicted octanol–water partition coefficient (Wildman–Crippen LogP) is 5.24. The number of piperazine rings is 1. The molecule has 1 aromatic carbocycles. The third-order valence-corrected chi connectivity index (χ3v) is 7.86. The van der Waals surface area contributed by atoms with E-state index in [0.717, 1.165) is 43.6 Å². The van der Waals surface area contributed by atoms with Gasteiger partial charge in [-0.25, -0.2) is 4.98 Å². The lowest BCUT2D eigenvalue weighted by atomic mass is 10.00. The minimum absolute atomic E-state index is 0.0117. The van der Waals surface area contributed by atoms with Gasteiger partial charge in [0.25, 0.3) is 0 Å². The number of para-hydroxylation sites is 1. The average Bonchev–Trinajstić information content (AvgIpc) is 2.95. The van der Waals surface area contributed by atoms with E-state index in [4.69, 9.17) is 21.6 Å². The largest absolute Gasteiger partial charge is 0.355 e. The number of aromatic nitrogens is 1. The van der Waals surface area contributed by atoms with Gasteiger partial charge in [0.05, 0.1) is 16.3 Å². The number of carbonyl (C=O) groups is 2. The smallest absolute Gasteiger partial charge is 0.246 e. The Morgan fingerprint density at radius 3 is 2.51 bits per heavy atom. The lowest BCUT2D eigenvalue weighted by Crippen LogP contribution is -2.55. The van der Waals surface area contributed by atoms with Crippen LogP contribution in [0.25, 0.3) is 0 Å². The SMILES string of the molecule is C=CC(=O)N1CCN(/C(=N/C)c2cc(Cl)c(N3CCCCC3)nc2N(C=O)c2ccccc2C(C)C)C(C)C1. The molecule has 1 aromatic heterocycles. The maximum Gasteiger partial charge on any atom is 0.246 e. The molecule has 0 N–H and O–H groups in total. The summed E-state index contributed by atoms with van der Waals surface area (Å²) in [5.74, 6) is 2.01. The van der Waals surface area contributed by atoms with Crippen molar-refractivity contribution in [1.29, 1.82) is 0 Å². The fourth-order valence-corrected chi connectivity index (χ4v) is 5.84. The molecular formula is C30H39ClN6O2. The molecule has 0 spiro atoms. The number of hydrogen-bond acceptors (Lipinski definition) is 5. The van der Waals surface area contributed by atoms with Crippen molar-refractivity contribution in [3.63, 3.8) is 0 Å². The molecule has 2 aliphatic rings. The Balaban J connectivity index is 1.85. The second kappa shape index (κ2) is 12.6. The van der Waals surface area contributed by atoms with Crippen LogP contribution in [-0.2, 0) is 9.59 Å². The molecule has 2 saturated heterocycles. The average molecular weight is 551 g/mol. The minimum Gasteiger partial charge on any atom is -0.355 e. The van der Waals surface area contributed by atoms with Crippen LogP contribution in [0.4, 0.5) is 17.3 Å². The second-order valence-electron chi connectivity index (χ2n) is 10.5. The van der Waals surface area contributed by atoms with Gasteiger partial charge in [-0.1, -0.05) is 50.2 Å². The van der Waals surface area contributed by atoms with Crippen molar-refractivity contribution in [2.24, 2.45) is 4.99 Å². The fraction of sp³-hybridized carbons (Fsp3) is 0.467. The van der Waals surface area contributed by atoms with E-state index in [2.05, 4.69) is 37.1 Å². The Labute approximate surface area is 237 Å². The minimum atomic E-state index is -0.0785. The summed E-state index contributed by atoms with van der Waals surface area (Å²) in [5.41, 5.74) is 2.52. The lowest BCUT2D eigenvalue weighted by Gasteiger charge is -2.42. The van der Waals surface area contributed by atoms with Crippen LogP contribution in [0.5, 0.6) is 0 Å². The Kier molecular flexibility index (Phi) is 9.28. The predicted molar refractivity (Wildman–Crippen MR) is 159 cm³/mol. The Morgan fingerprint density at radius 2 is 1.90 bits per heavy atom. The molecule has 0 saturated carbocycles. The van der Waals surface area contributed by atoms with Crippen molar-refractivity contribution >= 4 is 47.1 Å². The molecule has 1 unspecified atom stereocenters. The molecule has 0 aliphatic carbocycles. The van der Waals surface area contributed by atoms with Crippen LogP contribution in [0.1, 0.15) is 57.1 Å². The van der Waals surface area contributed by atoms with Crippen LogP contribution in [0.3, 0.4) is 0 Å². The van der Waals surface area contributed by atoms with Crippen LogP contribution >= 0.6 is 11.6 Å². The zero-order valence-electron chi connectivity index (χ0n) is 23.4. The first kappa shape index (κ1) is 28.6. The molecular weight excluding hydrogens is 512 g/mol. The van der Waals surface area contributed by atoms with Gasteiger partial charge in [0.15, 0.2) is 5.82 Å². The number of carbonyl (C=O) groups excluding carboxylic acids is 2. The van der Waals surface area contributed by atoms with Gasteiger partial charge in [-0.15, -0.1) is 0 Å². The van der Waals surface area contributed by atoms with Crippen molar-refractivity contribution in [3.8, 4) is 0 Å². The molecule has 4 rings (SSSR count). The summed E-state index contributed by atoms with van der Waals surface area (Å²) in [4.78, 5) is 42.7. The molecule has 39 heavy (non-hydrogen) atoms. The monoisotopic (exact) mass is 550 g/mol. The van der Waals surface area contributed by atoms with Gasteiger partial charge < -0.3 is 14.7 Å². The summed E-state index contributed by atoms with van der Waals surface area (Å²) >= 11 is 6.92. The molecule has 208 valence electrons. The van der Waals surface area contributed by atoms with Crippen molar-refractivity contribution in [3.05, 3.63) is 59.1 Å². The molecule has 2 aromatic rings. The molecule has 3 heterocycles. The van der Waals surface area contributed by atoms with Gasteiger partial charge >= 0.3 is 0 Å². The standard InChI is InChI=1S/C30H39ClN6O2/c1-6-27(39)35-16-17-36(22(4)19-35)28(32-5)24-18-25(31)30(34-14-10-7-11-15-34)33-29(24)37(20-38)26-13-9-8-12-23(26)21(2)3/h6,8-9,12-13,18,20-22H,1,7,10-11,14-17,19H2,2-5H3/b32-28+. The number of rotatable bonds is 7. The summed E-state index contributed by atoms with van der Waals surface area (Å²) in [7, 11) is 1.74. The van der Waals surface area contributed by atoms with E-state index in [1.165, 1.54) is 12.5 Å². The highest BCUT2D eigenvalue weighted by molar-refractivity contribution is 6.33. The fourth-order valence-electron chi connectivity index (χ4n) is 5.57. The normalized spacial score (nSPS) is 18.4. The van der Waals surface area contributed by atoms with Crippen LogP contribution < -0.4 is 9.80 Å². The number of hydrogen-bond donors (Lipinski definition) is 0. The Morgan fingerprint density at radius 1 is 1.18 bits per heavy atom. The first-order valence-corrected chi connectivity index (χ1v) is 14.1. The number of halogens is 1. The quantitative estimate of drug-likeness (QED) is 0.204. The molecule has 2 aliphatic heterocycles. The van der Waals surface area contributed by atoms with Gasteiger partial charge in [0.1, 0.15) is 11.7 Å². The molecule has 0 bridgehead atoms. The highest BCUT2D eigenvalue weighted by Crippen LogP contribution is 2.38. The number of benzene rings is 1. The number of anilines is 3. The highest BCUT2D eigenvalue weighted by atomic mass is 35.5. The molecule has 2 amide bonds. The van der Waals surface area contributed by atoms with E-state index >= 15 is 0 Å². The first-order valence-electron chi connectivity index (χ1n) is 13.7. The van der Waals surface area contributed by atoms with E-state index in [1.54, 1.807) is 16.8 Å². The molecule has 0 radical (unpaired) electrons. The topological polar surface area (TPSA) is 72.4 Å². The number of piperidine rings is 1. The third kappa shape index (κ3) is 5.96. The van der Waals surface area contributed by atoms with Gasteiger partial charge in [0.2, 0.25) is 12.3 Å². The van der Waals surface area contributed by atoms with Crippen molar-refractivity contribution < 1.29 is 9.59 Å².